The van der Waals surface area contributed by atoms with Crippen LogP contribution >= 0.6 is 11.3 Å². The van der Waals surface area contributed by atoms with Crippen LogP contribution in [0.1, 0.15) is 22.6 Å². The Labute approximate surface area is 95.9 Å². The van der Waals surface area contributed by atoms with Crippen molar-refractivity contribution in [2.45, 2.75) is 18.9 Å². The number of amides is 1. The number of fused-ring (bicyclic) bond motifs is 1. The number of hydrogen-bond acceptors (Lipinski definition) is 4. The van der Waals surface area contributed by atoms with Crippen molar-refractivity contribution >= 4 is 27.5 Å². The first kappa shape index (κ1) is 9.59. The molecule has 1 aliphatic rings. The van der Waals surface area contributed by atoms with Gasteiger partial charge in [-0.05, 0) is 31.0 Å². The summed E-state index contributed by atoms with van der Waals surface area (Å²) in [4.78, 5) is 16.0. The van der Waals surface area contributed by atoms with Crippen molar-refractivity contribution in [3.8, 4) is 5.75 Å². The molecule has 1 aromatic heterocycles. The zero-order valence-electron chi connectivity index (χ0n) is 8.43. The molecule has 0 bridgehead atoms. The average Bonchev–Trinajstić information content (AvgIpc) is 2.95. The molecule has 0 aliphatic heterocycles. The van der Waals surface area contributed by atoms with Crippen LogP contribution in [0.15, 0.2) is 18.2 Å². The highest BCUT2D eigenvalue weighted by molar-refractivity contribution is 7.20. The largest absolute Gasteiger partial charge is 0.508 e. The van der Waals surface area contributed by atoms with E-state index in [1.165, 1.54) is 11.3 Å². The highest BCUT2D eigenvalue weighted by atomic mass is 32.1. The van der Waals surface area contributed by atoms with Gasteiger partial charge in [-0.2, -0.15) is 0 Å². The van der Waals surface area contributed by atoms with Gasteiger partial charge in [0.25, 0.3) is 5.91 Å². The minimum atomic E-state index is -0.108. The number of phenols is 1. The van der Waals surface area contributed by atoms with Crippen LogP contribution in [0.2, 0.25) is 0 Å². The van der Waals surface area contributed by atoms with Crippen LogP contribution in [-0.4, -0.2) is 22.0 Å². The zero-order chi connectivity index (χ0) is 11.1. The van der Waals surface area contributed by atoms with Crippen molar-refractivity contribution in [1.29, 1.82) is 0 Å². The van der Waals surface area contributed by atoms with Crippen molar-refractivity contribution in [2.24, 2.45) is 0 Å². The summed E-state index contributed by atoms with van der Waals surface area (Å²) in [7, 11) is 0. The Morgan fingerprint density at radius 2 is 2.31 bits per heavy atom. The van der Waals surface area contributed by atoms with Crippen LogP contribution in [0.5, 0.6) is 5.75 Å². The molecule has 0 atom stereocenters. The molecule has 1 fully saturated rings. The van der Waals surface area contributed by atoms with Crippen molar-refractivity contribution in [3.63, 3.8) is 0 Å². The topological polar surface area (TPSA) is 62.2 Å². The molecular formula is C11H10N2O2S. The molecule has 0 saturated heterocycles. The minimum absolute atomic E-state index is 0.108. The zero-order valence-corrected chi connectivity index (χ0v) is 9.25. The van der Waals surface area contributed by atoms with Gasteiger partial charge in [0.05, 0.1) is 10.2 Å². The van der Waals surface area contributed by atoms with Gasteiger partial charge < -0.3 is 10.4 Å². The van der Waals surface area contributed by atoms with E-state index in [1.807, 2.05) is 0 Å². The highest BCUT2D eigenvalue weighted by Gasteiger charge is 2.25. The van der Waals surface area contributed by atoms with E-state index in [0.717, 1.165) is 23.1 Å². The fourth-order valence-electron chi connectivity index (χ4n) is 1.49. The molecular weight excluding hydrogens is 224 g/mol. The Hall–Kier alpha value is -1.62. The maximum absolute atomic E-state index is 11.7. The third kappa shape index (κ3) is 1.74. The minimum Gasteiger partial charge on any atom is -0.508 e. The SMILES string of the molecule is O=C(NC1CC1)c1nc2ccc(O)cc2s1. The molecule has 2 N–H and O–H groups in total. The molecule has 2 aromatic rings. The molecule has 0 spiro atoms. The van der Waals surface area contributed by atoms with Gasteiger partial charge in [0.15, 0.2) is 5.01 Å². The van der Waals surface area contributed by atoms with Crippen molar-refractivity contribution in [3.05, 3.63) is 23.2 Å². The lowest BCUT2D eigenvalue weighted by atomic mass is 10.3. The Balaban J connectivity index is 1.94. The summed E-state index contributed by atoms with van der Waals surface area (Å²) < 4.78 is 0.834. The van der Waals surface area contributed by atoms with E-state index in [9.17, 15) is 9.90 Å². The predicted molar refractivity (Wildman–Crippen MR) is 61.8 cm³/mol. The van der Waals surface area contributed by atoms with E-state index >= 15 is 0 Å². The molecule has 1 saturated carbocycles. The molecule has 1 aliphatic carbocycles. The predicted octanol–water partition coefficient (Wildman–Crippen LogP) is 1.89. The Kier molecular flexibility index (Phi) is 2.07. The number of benzene rings is 1. The first-order chi connectivity index (χ1) is 7.72. The Bertz CT molecular complexity index is 560. The number of aromatic hydroxyl groups is 1. The monoisotopic (exact) mass is 234 g/mol. The second-order valence-corrected chi connectivity index (χ2v) is 4.95. The number of nitrogens with zero attached hydrogens (tertiary/aromatic N) is 1. The van der Waals surface area contributed by atoms with Crippen LogP contribution in [0.4, 0.5) is 0 Å². The van der Waals surface area contributed by atoms with Crippen LogP contribution in [-0.2, 0) is 0 Å². The molecule has 0 radical (unpaired) electrons. The quantitative estimate of drug-likeness (QED) is 0.834. The lowest BCUT2D eigenvalue weighted by molar-refractivity contribution is 0.0951. The van der Waals surface area contributed by atoms with E-state index in [-0.39, 0.29) is 11.7 Å². The number of carbonyl (C=O) groups excluding carboxylic acids is 1. The lowest BCUT2D eigenvalue weighted by Crippen LogP contribution is -2.25. The van der Waals surface area contributed by atoms with Gasteiger partial charge in [0.1, 0.15) is 5.75 Å². The number of hydrogen-bond donors (Lipinski definition) is 2. The molecule has 0 unspecified atom stereocenters. The van der Waals surface area contributed by atoms with Gasteiger partial charge in [-0.25, -0.2) is 4.98 Å². The molecule has 1 aromatic carbocycles. The Morgan fingerprint density at radius 3 is 3.06 bits per heavy atom. The van der Waals surface area contributed by atoms with Gasteiger partial charge in [0, 0.05) is 6.04 Å². The van der Waals surface area contributed by atoms with Crippen molar-refractivity contribution in [1.82, 2.24) is 10.3 Å². The fraction of sp³-hybridized carbons (Fsp3) is 0.273. The second kappa shape index (κ2) is 3.45. The van der Waals surface area contributed by atoms with Gasteiger partial charge in [0.2, 0.25) is 0 Å². The van der Waals surface area contributed by atoms with Crippen molar-refractivity contribution < 1.29 is 9.90 Å². The lowest BCUT2D eigenvalue weighted by Gasteiger charge is -1.97. The van der Waals surface area contributed by atoms with Crippen LogP contribution in [0.25, 0.3) is 10.2 Å². The number of phenolic OH excluding ortho intramolecular Hbond substituents is 1. The van der Waals surface area contributed by atoms with E-state index in [1.54, 1.807) is 18.2 Å². The summed E-state index contributed by atoms with van der Waals surface area (Å²) in [6, 6.07) is 5.26. The highest BCUT2D eigenvalue weighted by Crippen LogP contribution is 2.26. The van der Waals surface area contributed by atoms with Crippen LogP contribution in [0, 0.1) is 0 Å². The summed E-state index contributed by atoms with van der Waals surface area (Å²) in [6.07, 6.45) is 2.13. The van der Waals surface area contributed by atoms with Gasteiger partial charge >= 0.3 is 0 Å². The van der Waals surface area contributed by atoms with Crippen LogP contribution < -0.4 is 5.32 Å². The number of nitrogens with one attached hydrogen (secondary N) is 1. The molecule has 4 nitrogen and oxygen atoms in total. The normalized spacial score (nSPS) is 15.2. The summed E-state index contributed by atoms with van der Waals surface area (Å²) in [6.45, 7) is 0. The third-order valence-corrected chi connectivity index (χ3v) is 3.50. The van der Waals surface area contributed by atoms with E-state index < -0.39 is 0 Å². The second-order valence-electron chi connectivity index (χ2n) is 3.92. The maximum atomic E-state index is 11.7. The summed E-state index contributed by atoms with van der Waals surface area (Å²) in [5, 5.41) is 12.7. The molecule has 1 heterocycles. The van der Waals surface area contributed by atoms with E-state index in [4.69, 9.17) is 0 Å². The summed E-state index contributed by atoms with van der Waals surface area (Å²) >= 11 is 1.31. The number of thiazole rings is 1. The van der Waals surface area contributed by atoms with Gasteiger partial charge in [-0.15, -0.1) is 11.3 Å². The van der Waals surface area contributed by atoms with Gasteiger partial charge in [-0.1, -0.05) is 0 Å². The third-order valence-electron chi connectivity index (χ3n) is 2.48. The molecule has 1 amide bonds. The smallest absolute Gasteiger partial charge is 0.280 e. The number of aromatic nitrogens is 1. The van der Waals surface area contributed by atoms with Crippen molar-refractivity contribution in [2.75, 3.05) is 0 Å². The molecule has 5 heteroatoms. The first-order valence-corrected chi connectivity index (χ1v) is 5.94. The molecule has 16 heavy (non-hydrogen) atoms. The standard InChI is InChI=1S/C11H10N2O2S/c14-7-3-4-8-9(5-7)16-11(13-8)10(15)12-6-1-2-6/h3-6,14H,1-2H2,(H,12,15). The summed E-state index contributed by atoms with van der Waals surface area (Å²) in [5.74, 6) is 0.0912. The van der Waals surface area contributed by atoms with Gasteiger partial charge in [-0.3, -0.25) is 4.79 Å². The number of carbonyl (C=O) groups is 1. The summed E-state index contributed by atoms with van der Waals surface area (Å²) in [5.41, 5.74) is 0.753. The molecule has 82 valence electrons. The number of rotatable bonds is 2. The van der Waals surface area contributed by atoms with Crippen LogP contribution in [0.3, 0.4) is 0 Å². The first-order valence-electron chi connectivity index (χ1n) is 5.13. The van der Waals surface area contributed by atoms with E-state index in [2.05, 4.69) is 10.3 Å². The Morgan fingerprint density at radius 1 is 1.50 bits per heavy atom. The fourth-order valence-corrected chi connectivity index (χ4v) is 2.39. The maximum Gasteiger partial charge on any atom is 0.280 e. The molecule has 3 rings (SSSR count). The average molecular weight is 234 g/mol. The van der Waals surface area contributed by atoms with E-state index in [0.29, 0.717) is 11.0 Å².